The van der Waals surface area contributed by atoms with Crippen LogP contribution in [0.25, 0.3) is 32.7 Å². The van der Waals surface area contributed by atoms with Gasteiger partial charge in [0.15, 0.2) is 34.0 Å². The molecule has 6 aromatic carbocycles. The first kappa shape index (κ1) is 69.3. The Labute approximate surface area is 544 Å². The molecule has 0 aliphatic rings. The smallest absolute Gasteiger partial charge is 0.252 e. The van der Waals surface area contributed by atoms with Gasteiger partial charge in [-0.25, -0.2) is 0 Å². The lowest BCUT2D eigenvalue weighted by Gasteiger charge is -2.28. The summed E-state index contributed by atoms with van der Waals surface area (Å²) in [6.07, 6.45) is 5.25. The lowest BCUT2D eigenvalue weighted by Crippen LogP contribution is -2.58. The number of hydrogen-bond acceptors (Lipinski definition) is 12. The van der Waals surface area contributed by atoms with E-state index in [1.807, 2.05) is 130 Å². The summed E-state index contributed by atoms with van der Waals surface area (Å²) in [5, 5.41) is 11.6. The summed E-state index contributed by atoms with van der Waals surface area (Å²) in [5.41, 5.74) is 44.4. The third-order valence-electron chi connectivity index (χ3n) is 18.1. The quantitative estimate of drug-likeness (QED) is 0.0104. The minimum Gasteiger partial charge on any atom is -0.358 e. The summed E-state index contributed by atoms with van der Waals surface area (Å²) in [6, 6.07) is 45.1. The molecule has 0 saturated heterocycles. The van der Waals surface area contributed by atoms with E-state index in [4.69, 9.17) is 34.4 Å². The van der Waals surface area contributed by atoms with Crippen molar-refractivity contribution >= 4 is 97.2 Å². The number of H-pyrrole nitrogens is 3. The van der Waals surface area contributed by atoms with Gasteiger partial charge in [-0.2, -0.15) is 0 Å². The zero-order chi connectivity index (χ0) is 64.9. The van der Waals surface area contributed by atoms with Gasteiger partial charge < -0.3 is 65.3 Å². The molecule has 9 aromatic rings. The van der Waals surface area contributed by atoms with Gasteiger partial charge >= 0.3 is 0 Å². The monoisotopic (exact) mass is 1260 g/mol. The van der Waals surface area contributed by atoms with Crippen molar-refractivity contribution in [3.05, 3.63) is 196 Å². The average molecular weight is 1270 g/mol. The molecule has 19 heteroatoms. The highest BCUT2D eigenvalue weighted by molar-refractivity contribution is 6.18. The Bertz CT molecular complexity index is 3630. The number of benzene rings is 6. The van der Waals surface area contributed by atoms with Gasteiger partial charge in [-0.15, -0.1) is 12.4 Å². The van der Waals surface area contributed by atoms with E-state index < -0.39 is 57.6 Å². The third-order valence-corrected chi connectivity index (χ3v) is 18.1. The van der Waals surface area contributed by atoms with Crippen LogP contribution in [0.4, 0.5) is 17.1 Å². The highest BCUT2D eigenvalue weighted by atomic mass is 35.5. The number of ketones is 3. The van der Waals surface area contributed by atoms with Gasteiger partial charge in [0, 0.05) is 92.0 Å². The number of para-hydroxylation sites is 3. The number of aromatic amines is 3. The van der Waals surface area contributed by atoms with Gasteiger partial charge in [0.2, 0.25) is 0 Å². The van der Waals surface area contributed by atoms with Crippen molar-refractivity contribution in [1.29, 1.82) is 0 Å². The number of halogens is 1. The Hall–Kier alpha value is -8.59. The standard InChI is InChI=1S/C73H88N12O6.ClH/c1-4-58-55(52-19-7-10-22-61(52)83-58)43-64(86)71(77,37-13-16-40-74)68(89)80-49-31-25-46(26-32-49)67(47-27-33-50(34-28-47)81-69(90)72(78,38-14-17-41-75)65(87)44-56-53-20-8-11-23-62(53)84-59(56)5-2)48-29-35-51(36-30-48)82-70(91)73(79,39-15-18-42-76)66(88)45-57-54-21-9-12-24-63(54)85-60(57)6-3;/h7-12,19-36,67,83-85H,4-6,13-18,37-45,74-79H2,1-3H3,(H,80,89)(H,81,90)(H,82,91);1H/t71-,72-,73-;/m0./s1. The van der Waals surface area contributed by atoms with E-state index in [0.717, 1.165) is 83.2 Å². The lowest BCUT2D eigenvalue weighted by atomic mass is 9.83. The number of amides is 3. The van der Waals surface area contributed by atoms with Gasteiger partial charge in [0.05, 0.1) is 0 Å². The number of Topliss-reactive ketones (excluding diaryl/α,β-unsaturated/α-hetero) is 3. The van der Waals surface area contributed by atoms with E-state index in [1.165, 1.54) is 0 Å². The molecule has 0 aliphatic carbocycles. The van der Waals surface area contributed by atoms with Crippen LogP contribution in [0.5, 0.6) is 0 Å². The summed E-state index contributed by atoms with van der Waals surface area (Å²) in [5.74, 6) is -3.61. The molecule has 18 nitrogen and oxygen atoms in total. The minimum absolute atomic E-state index is 0. The summed E-state index contributed by atoms with van der Waals surface area (Å²) in [4.78, 5) is 97.2. The Kier molecular flexibility index (Phi) is 23.5. The van der Waals surface area contributed by atoms with Crippen LogP contribution in [0.1, 0.15) is 135 Å². The van der Waals surface area contributed by atoms with E-state index >= 15 is 0 Å². The highest BCUT2D eigenvalue weighted by Gasteiger charge is 2.44. The number of aryl methyl sites for hydroxylation is 3. The number of carbonyl (C=O) groups excluding carboxylic acids is 6. The maximum absolute atomic E-state index is 14.5. The van der Waals surface area contributed by atoms with E-state index in [0.29, 0.717) is 94.5 Å². The van der Waals surface area contributed by atoms with Crippen LogP contribution < -0.4 is 50.4 Å². The minimum atomic E-state index is -1.87. The van der Waals surface area contributed by atoms with Gasteiger partial charge in [-0.05, 0) is 185 Å². The van der Waals surface area contributed by atoms with Crippen LogP contribution in [0, 0.1) is 0 Å². The molecule has 18 N–H and O–H groups in total. The topological polar surface area (TPSA) is 342 Å². The predicted octanol–water partition coefficient (Wildman–Crippen LogP) is 10.2. The normalized spacial score (nSPS) is 13.5. The van der Waals surface area contributed by atoms with E-state index in [9.17, 15) is 28.8 Å². The van der Waals surface area contributed by atoms with Gasteiger partial charge in [0.1, 0.15) is 0 Å². The summed E-state index contributed by atoms with van der Waals surface area (Å²) in [7, 11) is 0. The average Bonchev–Trinajstić information content (AvgIpc) is 1.47. The second kappa shape index (κ2) is 31.2. The van der Waals surface area contributed by atoms with Crippen molar-refractivity contribution in [2.75, 3.05) is 35.6 Å². The molecule has 0 radical (unpaired) electrons. The Balaban J connectivity index is 0.0000109. The molecule has 0 aliphatic heterocycles. The second-order valence-electron chi connectivity index (χ2n) is 24.1. The molecule has 3 heterocycles. The molecular formula is C73H89ClN12O6. The van der Waals surface area contributed by atoms with E-state index in [-0.39, 0.29) is 50.9 Å². The van der Waals surface area contributed by atoms with Crippen molar-refractivity contribution < 1.29 is 28.8 Å². The van der Waals surface area contributed by atoms with Crippen molar-refractivity contribution in [3.63, 3.8) is 0 Å². The van der Waals surface area contributed by atoms with Crippen LogP contribution >= 0.6 is 12.4 Å². The second-order valence-corrected chi connectivity index (χ2v) is 24.1. The third kappa shape index (κ3) is 15.1. The number of unbranched alkanes of at least 4 members (excludes halogenated alkanes) is 3. The van der Waals surface area contributed by atoms with Crippen LogP contribution in [-0.4, -0.2) is 86.3 Å². The maximum Gasteiger partial charge on any atom is 0.252 e. The fourth-order valence-corrected chi connectivity index (χ4v) is 12.6. The molecule has 3 aromatic heterocycles. The van der Waals surface area contributed by atoms with Crippen LogP contribution in [0.15, 0.2) is 146 Å². The molecule has 92 heavy (non-hydrogen) atoms. The Morgan fingerprint density at radius 2 is 0.630 bits per heavy atom. The van der Waals surface area contributed by atoms with E-state index in [2.05, 4.69) is 30.9 Å². The largest absolute Gasteiger partial charge is 0.358 e. The lowest BCUT2D eigenvalue weighted by molar-refractivity contribution is -0.134. The van der Waals surface area contributed by atoms with Gasteiger partial charge in [-0.1, -0.05) is 112 Å². The molecule has 9 rings (SSSR count). The summed E-state index contributed by atoms with van der Waals surface area (Å²) < 4.78 is 0. The first-order valence-electron chi connectivity index (χ1n) is 32.0. The number of hydrogen-bond donors (Lipinski definition) is 12. The Morgan fingerprint density at radius 3 is 0.870 bits per heavy atom. The van der Waals surface area contributed by atoms with Crippen molar-refractivity contribution in [3.8, 4) is 0 Å². The molecule has 0 fully saturated rings. The van der Waals surface area contributed by atoms with E-state index in [1.54, 1.807) is 36.4 Å². The maximum atomic E-state index is 14.5. The number of aromatic nitrogens is 3. The molecule has 484 valence electrons. The van der Waals surface area contributed by atoms with Crippen molar-refractivity contribution in [1.82, 2.24) is 15.0 Å². The number of nitrogens with one attached hydrogen (secondary N) is 6. The molecular weight excluding hydrogens is 1180 g/mol. The summed E-state index contributed by atoms with van der Waals surface area (Å²) in [6.45, 7) is 7.16. The molecule has 3 atom stereocenters. The molecule has 0 unspecified atom stereocenters. The van der Waals surface area contributed by atoms with Crippen LogP contribution in [0.2, 0.25) is 0 Å². The molecule has 0 bridgehead atoms. The SMILES string of the molecule is CCc1[nH]c2ccccc2c1CC(=O)[C@@](N)(CCCCN)C(=O)Nc1ccc(C(c2ccc(NC(=O)[C@](N)(CCCCN)C(=O)Cc3c(CC)[nH]c4ccccc34)cc2)c2ccc(NC(=O)[C@](N)(CCCCN)C(=O)Cc3c(CC)[nH]c4ccccc34)cc2)cc1.Cl. The zero-order valence-electron chi connectivity index (χ0n) is 53.0. The number of nitrogens with two attached hydrogens (primary N) is 6. The van der Waals surface area contributed by atoms with Crippen molar-refractivity contribution in [2.45, 2.75) is 140 Å². The van der Waals surface area contributed by atoms with Crippen molar-refractivity contribution in [2.24, 2.45) is 34.4 Å². The first-order chi connectivity index (χ1) is 43.9. The van der Waals surface area contributed by atoms with Crippen LogP contribution in [0.3, 0.4) is 0 Å². The zero-order valence-corrected chi connectivity index (χ0v) is 53.8. The number of carbonyl (C=O) groups is 6. The number of rotatable bonds is 33. The fraction of sp³-hybridized carbons (Fsp3) is 0.342. The molecule has 3 amide bonds. The Morgan fingerprint density at radius 1 is 0.380 bits per heavy atom. The van der Waals surface area contributed by atoms with Gasteiger partial charge in [0.25, 0.3) is 17.7 Å². The molecule has 0 spiro atoms. The predicted molar refractivity (Wildman–Crippen MR) is 372 cm³/mol. The van der Waals surface area contributed by atoms with Crippen LogP contribution in [-0.2, 0) is 67.3 Å². The first-order valence-corrected chi connectivity index (χ1v) is 32.0. The molecule has 0 saturated carbocycles. The summed E-state index contributed by atoms with van der Waals surface area (Å²) >= 11 is 0. The highest BCUT2D eigenvalue weighted by Crippen LogP contribution is 2.36. The number of fused-ring (bicyclic) bond motifs is 3. The number of anilines is 3. The fourth-order valence-electron chi connectivity index (χ4n) is 12.6. The van der Waals surface area contributed by atoms with Gasteiger partial charge in [-0.3, -0.25) is 28.8 Å².